The third kappa shape index (κ3) is 4.14. The van der Waals surface area contributed by atoms with E-state index in [2.05, 4.69) is 12.1 Å². The number of benzene rings is 2. The van der Waals surface area contributed by atoms with Gasteiger partial charge in [-0.25, -0.2) is 0 Å². The summed E-state index contributed by atoms with van der Waals surface area (Å²) in [7, 11) is 1.70. The van der Waals surface area contributed by atoms with E-state index in [1.165, 1.54) is 6.20 Å². The van der Waals surface area contributed by atoms with E-state index in [-0.39, 0.29) is 23.7 Å². The van der Waals surface area contributed by atoms with Gasteiger partial charge in [-0.05, 0) is 19.4 Å². The molecule has 0 unspecified atom stereocenters. The summed E-state index contributed by atoms with van der Waals surface area (Å²) < 4.78 is 13.2. The van der Waals surface area contributed by atoms with Crippen LogP contribution in [0.2, 0.25) is 0 Å². The fraction of sp³-hybridized carbons (Fsp3) is 0.318. The minimum Gasteiger partial charge on any atom is -0.594 e. The Morgan fingerprint density at radius 3 is 2.19 bits per heavy atom. The number of rotatable bonds is 5. The van der Waals surface area contributed by atoms with Gasteiger partial charge < -0.3 is 14.6 Å². The van der Waals surface area contributed by atoms with Gasteiger partial charge in [0.1, 0.15) is 12.2 Å². The molecule has 4 heteroatoms. The minimum atomic E-state index is -0.377. The van der Waals surface area contributed by atoms with Crippen LogP contribution in [0.4, 0.5) is 0 Å². The van der Waals surface area contributed by atoms with Crippen molar-refractivity contribution in [3.63, 3.8) is 0 Å². The standard InChI is InChI=1S/C22H25NO3/c1-22(2,25-3)14-15-23-16-19(24)26-21(18-12-8-5-9-13-18)20(23)17-10-6-4-7-11-17/h4-13,15-16,20-21H,14H2,1-3H3/t20-,21+/m1/s1. The first kappa shape index (κ1) is 18.2. The molecule has 4 nitrogen and oxygen atoms in total. The minimum absolute atomic E-state index is 0.121. The molecule has 26 heavy (non-hydrogen) atoms. The number of hydrogen-bond acceptors (Lipinski definition) is 3. The molecule has 1 heterocycles. The molecule has 136 valence electrons. The highest BCUT2D eigenvalue weighted by atomic mass is 16.6. The first-order valence-corrected chi connectivity index (χ1v) is 8.81. The van der Waals surface area contributed by atoms with Crippen LogP contribution < -0.4 is 5.11 Å². The van der Waals surface area contributed by atoms with Gasteiger partial charge in [0.15, 0.2) is 12.2 Å². The molecule has 0 spiro atoms. The van der Waals surface area contributed by atoms with Crippen molar-refractivity contribution in [1.82, 2.24) is 0 Å². The van der Waals surface area contributed by atoms with Crippen molar-refractivity contribution in [3.05, 3.63) is 83.9 Å². The van der Waals surface area contributed by atoms with Gasteiger partial charge in [-0.3, -0.25) is 0 Å². The second kappa shape index (κ2) is 7.75. The highest BCUT2D eigenvalue weighted by Crippen LogP contribution is 2.38. The average Bonchev–Trinajstić information content (AvgIpc) is 2.67. The lowest BCUT2D eigenvalue weighted by atomic mass is 9.94. The largest absolute Gasteiger partial charge is 0.594 e. The summed E-state index contributed by atoms with van der Waals surface area (Å²) in [6.07, 6.45) is 3.86. The van der Waals surface area contributed by atoms with E-state index in [4.69, 9.17) is 9.47 Å². The monoisotopic (exact) mass is 351 g/mol. The van der Waals surface area contributed by atoms with Crippen molar-refractivity contribution >= 4 is 6.21 Å². The third-order valence-corrected chi connectivity index (χ3v) is 4.72. The van der Waals surface area contributed by atoms with Gasteiger partial charge in [-0.2, -0.15) is 4.58 Å². The fourth-order valence-corrected chi connectivity index (χ4v) is 3.04. The summed E-state index contributed by atoms with van der Waals surface area (Å²) >= 11 is 0. The molecule has 0 amide bonds. The number of ether oxygens (including phenoxy) is 2. The zero-order valence-corrected chi connectivity index (χ0v) is 15.5. The van der Waals surface area contributed by atoms with E-state index < -0.39 is 0 Å². The van der Waals surface area contributed by atoms with Crippen LogP contribution in [0.25, 0.3) is 0 Å². The van der Waals surface area contributed by atoms with Crippen molar-refractivity contribution in [2.75, 3.05) is 7.11 Å². The van der Waals surface area contributed by atoms with Crippen molar-refractivity contribution in [1.29, 1.82) is 0 Å². The van der Waals surface area contributed by atoms with Gasteiger partial charge in [-0.15, -0.1) is 0 Å². The SMILES string of the molecule is COC(C)(C)CC=[N+]1C=C([O-])O[C@@H](c2ccccc2)[C@H]1c1ccccc1. The van der Waals surface area contributed by atoms with Crippen LogP contribution in [0.15, 0.2) is 72.8 Å². The summed E-state index contributed by atoms with van der Waals surface area (Å²) in [6, 6.07) is 19.9. The van der Waals surface area contributed by atoms with Gasteiger partial charge in [0, 0.05) is 12.7 Å². The maximum absolute atomic E-state index is 12.3. The Kier molecular flexibility index (Phi) is 5.43. The van der Waals surface area contributed by atoms with Gasteiger partial charge in [0.25, 0.3) is 0 Å². The van der Waals surface area contributed by atoms with E-state index in [0.29, 0.717) is 6.42 Å². The van der Waals surface area contributed by atoms with Crippen molar-refractivity contribution in [2.45, 2.75) is 38.0 Å². The van der Waals surface area contributed by atoms with Gasteiger partial charge in [0.05, 0.1) is 18.1 Å². The molecular weight excluding hydrogens is 326 g/mol. The zero-order valence-electron chi connectivity index (χ0n) is 15.5. The molecule has 0 radical (unpaired) electrons. The number of hydrogen-bond donors (Lipinski definition) is 0. The molecule has 0 N–H and O–H groups in total. The third-order valence-electron chi connectivity index (χ3n) is 4.72. The van der Waals surface area contributed by atoms with Crippen LogP contribution in [0.3, 0.4) is 0 Å². The molecule has 0 fully saturated rings. The van der Waals surface area contributed by atoms with E-state index in [1.54, 1.807) is 7.11 Å². The zero-order chi connectivity index (χ0) is 18.6. The molecule has 1 aliphatic rings. The lowest BCUT2D eigenvalue weighted by Gasteiger charge is -2.35. The topological polar surface area (TPSA) is 44.5 Å². The molecule has 0 saturated heterocycles. The Balaban J connectivity index is 2.06. The molecule has 2 atom stereocenters. The van der Waals surface area contributed by atoms with E-state index in [0.717, 1.165) is 11.1 Å². The second-order valence-corrected chi connectivity index (χ2v) is 7.05. The summed E-state index contributed by atoms with van der Waals surface area (Å²) in [5, 5.41) is 12.3. The van der Waals surface area contributed by atoms with Crippen LogP contribution in [-0.4, -0.2) is 23.5 Å². The molecule has 3 rings (SSSR count). The first-order chi connectivity index (χ1) is 12.5. The fourth-order valence-electron chi connectivity index (χ4n) is 3.04. The van der Waals surface area contributed by atoms with Crippen molar-refractivity contribution in [3.8, 4) is 0 Å². The van der Waals surface area contributed by atoms with Crippen LogP contribution >= 0.6 is 0 Å². The Bertz CT molecular complexity index is 782. The normalized spacial score (nSPS) is 22.0. The van der Waals surface area contributed by atoms with E-state index in [9.17, 15) is 5.11 Å². The van der Waals surface area contributed by atoms with E-state index in [1.807, 2.05) is 73.2 Å². The maximum Gasteiger partial charge on any atom is 0.199 e. The Morgan fingerprint density at radius 1 is 1.04 bits per heavy atom. The maximum atomic E-state index is 12.3. The summed E-state index contributed by atoms with van der Waals surface area (Å²) in [4.78, 5) is 0. The Morgan fingerprint density at radius 2 is 1.62 bits per heavy atom. The molecule has 0 aliphatic carbocycles. The predicted octanol–water partition coefficient (Wildman–Crippen LogP) is 3.56. The molecule has 0 saturated carbocycles. The molecule has 0 aromatic heterocycles. The van der Waals surface area contributed by atoms with Gasteiger partial charge >= 0.3 is 0 Å². The molecule has 2 aromatic carbocycles. The van der Waals surface area contributed by atoms with Crippen LogP contribution in [0.5, 0.6) is 0 Å². The second-order valence-electron chi connectivity index (χ2n) is 7.05. The van der Waals surface area contributed by atoms with Crippen LogP contribution in [-0.2, 0) is 9.47 Å². The molecule has 1 aliphatic heterocycles. The van der Waals surface area contributed by atoms with Gasteiger partial charge in [-0.1, -0.05) is 60.7 Å². The van der Waals surface area contributed by atoms with Crippen LogP contribution in [0.1, 0.15) is 43.5 Å². The highest BCUT2D eigenvalue weighted by molar-refractivity contribution is 5.53. The average molecular weight is 351 g/mol. The number of methoxy groups -OCH3 is 1. The van der Waals surface area contributed by atoms with E-state index >= 15 is 0 Å². The lowest BCUT2D eigenvalue weighted by Crippen LogP contribution is -2.33. The molecule has 2 aromatic rings. The highest BCUT2D eigenvalue weighted by Gasteiger charge is 2.35. The Hall–Kier alpha value is -2.59. The summed E-state index contributed by atoms with van der Waals surface area (Å²) in [5.74, 6) is -0.336. The van der Waals surface area contributed by atoms with Crippen molar-refractivity contribution in [2.24, 2.45) is 0 Å². The van der Waals surface area contributed by atoms with Crippen molar-refractivity contribution < 1.29 is 19.2 Å². The summed E-state index contributed by atoms with van der Waals surface area (Å²) in [5.41, 5.74) is 1.77. The Labute approximate surface area is 155 Å². The molecule has 0 bridgehead atoms. The smallest absolute Gasteiger partial charge is 0.199 e. The lowest BCUT2D eigenvalue weighted by molar-refractivity contribution is -0.555. The quantitative estimate of drug-likeness (QED) is 0.774. The number of nitrogens with zero attached hydrogens (tertiary/aromatic N) is 1. The predicted molar refractivity (Wildman–Crippen MR) is 99.6 cm³/mol. The first-order valence-electron chi connectivity index (χ1n) is 8.81. The summed E-state index contributed by atoms with van der Waals surface area (Å²) in [6.45, 7) is 4.05. The molecular formula is C22H25NO3. The van der Waals surface area contributed by atoms with Crippen LogP contribution in [0, 0.1) is 0 Å². The van der Waals surface area contributed by atoms with Gasteiger partial charge in [0.2, 0.25) is 0 Å².